The molecule has 0 aromatic heterocycles. The summed E-state index contributed by atoms with van der Waals surface area (Å²) in [6.45, 7) is 2.55. The van der Waals surface area contributed by atoms with Gasteiger partial charge >= 0.3 is 6.18 Å². The topological polar surface area (TPSA) is 69.7 Å². The summed E-state index contributed by atoms with van der Waals surface area (Å²) in [5.41, 5.74) is -0.0813. The van der Waals surface area contributed by atoms with Crippen LogP contribution in [0.3, 0.4) is 0 Å². The number of para-hydroxylation sites is 1. The highest BCUT2D eigenvalue weighted by atomic mass is 19.4. The van der Waals surface area contributed by atoms with Crippen LogP contribution in [0.5, 0.6) is 0 Å². The van der Waals surface area contributed by atoms with Gasteiger partial charge in [-0.15, -0.1) is 0 Å². The molecule has 0 unspecified atom stereocenters. The van der Waals surface area contributed by atoms with Crippen LogP contribution in [0.4, 0.5) is 24.5 Å². The molecule has 4 aliphatic rings. The third kappa shape index (κ3) is 2.48. The zero-order chi connectivity index (χ0) is 24.0. The molecule has 34 heavy (non-hydrogen) atoms. The van der Waals surface area contributed by atoms with Crippen LogP contribution in [-0.2, 0) is 32.5 Å². The number of carbonyl (C=O) groups is 3. The van der Waals surface area contributed by atoms with Gasteiger partial charge in [-0.05, 0) is 49.6 Å². The van der Waals surface area contributed by atoms with Gasteiger partial charge < -0.3 is 5.32 Å². The first-order chi connectivity index (χ1) is 16.2. The second kappa shape index (κ2) is 6.91. The summed E-state index contributed by atoms with van der Waals surface area (Å²) < 4.78 is 40.0. The highest BCUT2D eigenvalue weighted by Gasteiger charge is 2.74. The zero-order valence-corrected chi connectivity index (χ0v) is 18.4. The summed E-state index contributed by atoms with van der Waals surface area (Å²) in [6, 6.07) is 9.54. The van der Waals surface area contributed by atoms with Crippen molar-refractivity contribution in [3.63, 3.8) is 0 Å². The van der Waals surface area contributed by atoms with Crippen LogP contribution in [-0.4, -0.2) is 35.2 Å². The maximum Gasteiger partial charge on any atom is 0.416 e. The van der Waals surface area contributed by atoms with E-state index in [9.17, 15) is 27.6 Å². The summed E-state index contributed by atoms with van der Waals surface area (Å²) in [5, 5.41) is 2.98. The van der Waals surface area contributed by atoms with E-state index >= 15 is 0 Å². The second-order valence-corrected chi connectivity index (χ2v) is 9.38. The lowest BCUT2D eigenvalue weighted by molar-refractivity contribution is -0.137. The molecular formula is C25H22F3N3O3. The number of hydrogen-bond acceptors (Lipinski definition) is 4. The van der Waals surface area contributed by atoms with Crippen LogP contribution in [0, 0.1) is 11.8 Å². The Balaban J connectivity index is 1.53. The van der Waals surface area contributed by atoms with Gasteiger partial charge in [0.25, 0.3) is 0 Å². The lowest BCUT2D eigenvalue weighted by Crippen LogP contribution is -2.54. The molecule has 0 radical (unpaired) electrons. The highest BCUT2D eigenvalue weighted by Crippen LogP contribution is 2.61. The normalized spacial score (nSPS) is 30.2. The molecule has 2 aromatic rings. The van der Waals surface area contributed by atoms with Gasteiger partial charge in [0, 0.05) is 17.3 Å². The van der Waals surface area contributed by atoms with Gasteiger partial charge in [0.1, 0.15) is 5.54 Å². The van der Waals surface area contributed by atoms with E-state index in [4.69, 9.17) is 0 Å². The van der Waals surface area contributed by atoms with Crippen molar-refractivity contribution in [1.82, 2.24) is 4.90 Å². The van der Waals surface area contributed by atoms with E-state index in [1.165, 1.54) is 12.1 Å². The van der Waals surface area contributed by atoms with E-state index in [-0.39, 0.29) is 17.6 Å². The van der Waals surface area contributed by atoms with Gasteiger partial charge in [0.05, 0.1) is 23.1 Å². The fourth-order valence-corrected chi connectivity index (χ4v) is 6.66. The molecule has 3 fully saturated rings. The molecule has 1 N–H and O–H groups in total. The molecule has 4 heterocycles. The molecule has 3 saturated heterocycles. The average Bonchev–Trinajstić information content (AvgIpc) is 3.51. The number of benzene rings is 2. The van der Waals surface area contributed by atoms with Crippen LogP contribution in [0.25, 0.3) is 0 Å². The van der Waals surface area contributed by atoms with Crippen molar-refractivity contribution < 1.29 is 27.6 Å². The van der Waals surface area contributed by atoms with Crippen molar-refractivity contribution in [2.75, 3.05) is 16.8 Å². The van der Waals surface area contributed by atoms with Crippen LogP contribution in [0.1, 0.15) is 36.5 Å². The molecule has 4 atom stereocenters. The second-order valence-electron chi connectivity index (χ2n) is 9.38. The molecule has 176 valence electrons. The Bertz CT molecular complexity index is 1260. The number of aryl methyl sites for hydroxylation is 1. The van der Waals surface area contributed by atoms with Crippen molar-refractivity contribution in [3.05, 3.63) is 59.2 Å². The number of amides is 3. The Morgan fingerprint density at radius 3 is 2.59 bits per heavy atom. The number of halogens is 3. The fraction of sp³-hybridized carbons (Fsp3) is 0.400. The first-order valence-electron chi connectivity index (χ1n) is 11.5. The van der Waals surface area contributed by atoms with Crippen molar-refractivity contribution in [2.24, 2.45) is 11.8 Å². The van der Waals surface area contributed by atoms with E-state index in [0.29, 0.717) is 30.6 Å². The number of carbonyl (C=O) groups excluding carboxylic acids is 3. The summed E-state index contributed by atoms with van der Waals surface area (Å²) in [6.07, 6.45) is -2.51. The van der Waals surface area contributed by atoms with Gasteiger partial charge in [-0.3, -0.25) is 19.3 Å². The van der Waals surface area contributed by atoms with E-state index in [0.717, 1.165) is 29.0 Å². The average molecular weight is 469 g/mol. The summed E-state index contributed by atoms with van der Waals surface area (Å²) in [5.74, 6) is -3.26. The minimum Gasteiger partial charge on any atom is -0.324 e. The molecule has 2 aromatic carbocycles. The molecule has 0 saturated carbocycles. The van der Waals surface area contributed by atoms with E-state index < -0.39 is 40.9 Å². The van der Waals surface area contributed by atoms with Gasteiger partial charge in [-0.2, -0.15) is 13.2 Å². The summed E-state index contributed by atoms with van der Waals surface area (Å²) in [4.78, 5) is 44.1. The van der Waals surface area contributed by atoms with Crippen LogP contribution in [0.2, 0.25) is 0 Å². The lowest BCUT2D eigenvalue weighted by atomic mass is 9.75. The smallest absolute Gasteiger partial charge is 0.324 e. The van der Waals surface area contributed by atoms with Gasteiger partial charge in [-0.25, -0.2) is 4.90 Å². The SMILES string of the molecule is CCc1cccc2c1NC(=O)[C@]21[C@@H]2C(=O)N(c3cccc(C(F)(F)F)c3)C(=O)[C@@H]2[C@@H]2CCCN21. The predicted octanol–water partition coefficient (Wildman–Crippen LogP) is 3.70. The predicted molar refractivity (Wildman–Crippen MR) is 117 cm³/mol. The molecule has 9 heteroatoms. The number of anilines is 2. The number of imide groups is 1. The summed E-state index contributed by atoms with van der Waals surface area (Å²) in [7, 11) is 0. The number of alkyl halides is 3. The lowest BCUT2D eigenvalue weighted by Gasteiger charge is -2.36. The number of nitrogens with zero attached hydrogens (tertiary/aromatic N) is 2. The van der Waals surface area contributed by atoms with Crippen LogP contribution >= 0.6 is 0 Å². The van der Waals surface area contributed by atoms with E-state index in [1.54, 1.807) is 0 Å². The zero-order valence-electron chi connectivity index (χ0n) is 18.4. The number of nitrogens with one attached hydrogen (secondary N) is 1. The number of hydrogen-bond donors (Lipinski definition) is 1. The Kier molecular flexibility index (Phi) is 4.34. The molecule has 1 spiro atoms. The number of rotatable bonds is 2. The maximum atomic E-state index is 13.9. The molecule has 0 bridgehead atoms. The van der Waals surface area contributed by atoms with E-state index in [2.05, 4.69) is 5.32 Å². The van der Waals surface area contributed by atoms with Crippen molar-refractivity contribution in [3.8, 4) is 0 Å². The molecule has 3 amide bonds. The summed E-state index contributed by atoms with van der Waals surface area (Å²) >= 11 is 0. The van der Waals surface area contributed by atoms with Crippen LogP contribution < -0.4 is 10.2 Å². The van der Waals surface area contributed by atoms with Crippen molar-refractivity contribution in [1.29, 1.82) is 0 Å². The Labute approximate surface area is 193 Å². The quantitative estimate of drug-likeness (QED) is 0.682. The third-order valence-electron chi connectivity index (χ3n) is 7.93. The molecule has 6 nitrogen and oxygen atoms in total. The molecule has 0 aliphatic carbocycles. The minimum absolute atomic E-state index is 0.111. The Hall–Kier alpha value is -3.20. The molecule has 4 aliphatic heterocycles. The third-order valence-corrected chi connectivity index (χ3v) is 7.93. The monoisotopic (exact) mass is 469 g/mol. The van der Waals surface area contributed by atoms with Crippen molar-refractivity contribution in [2.45, 2.75) is 43.9 Å². The van der Waals surface area contributed by atoms with Gasteiger partial charge in [0.2, 0.25) is 17.7 Å². The highest BCUT2D eigenvalue weighted by molar-refractivity contribution is 6.26. The largest absolute Gasteiger partial charge is 0.416 e. The Morgan fingerprint density at radius 1 is 1.09 bits per heavy atom. The Morgan fingerprint density at radius 2 is 1.85 bits per heavy atom. The first kappa shape index (κ1) is 21.3. The van der Waals surface area contributed by atoms with Gasteiger partial charge in [0.15, 0.2) is 0 Å². The first-order valence-corrected chi connectivity index (χ1v) is 11.5. The van der Waals surface area contributed by atoms with Gasteiger partial charge in [-0.1, -0.05) is 31.2 Å². The standard InChI is InChI=1S/C25H22F3N3O3/c1-2-13-6-3-9-16-20(13)29-23(34)24(16)19-18(17-10-5-11-30(17)24)21(32)31(22(19)33)15-8-4-7-14(12-15)25(26,27)28/h3-4,6-9,12,17-19H,2,5,10-11H2,1H3,(H,29,34)/t17-,18+,19-,24+/m0/s1. The van der Waals surface area contributed by atoms with E-state index in [1.807, 2.05) is 30.0 Å². The van der Waals surface area contributed by atoms with Crippen molar-refractivity contribution >= 4 is 29.1 Å². The maximum absolute atomic E-state index is 13.9. The minimum atomic E-state index is -4.61. The fourth-order valence-electron chi connectivity index (χ4n) is 6.66. The molecule has 6 rings (SSSR count). The molecular weight excluding hydrogens is 447 g/mol. The van der Waals surface area contributed by atoms with Crippen LogP contribution in [0.15, 0.2) is 42.5 Å². The number of fused-ring (bicyclic) bond motifs is 7.